The van der Waals surface area contributed by atoms with E-state index < -0.39 is 17.7 Å². The average molecular weight is 331 g/mol. The van der Waals surface area contributed by atoms with Crippen LogP contribution in [-0.4, -0.2) is 22.7 Å². The van der Waals surface area contributed by atoms with E-state index in [2.05, 4.69) is 15.7 Å². The molecule has 0 fully saturated rings. The van der Waals surface area contributed by atoms with Gasteiger partial charge in [0.15, 0.2) is 11.6 Å². The molecule has 0 aliphatic heterocycles. The van der Waals surface area contributed by atoms with Gasteiger partial charge >= 0.3 is 0 Å². The molecular formula is C14H17ClF2N4O. The van der Waals surface area contributed by atoms with Gasteiger partial charge < -0.3 is 10.6 Å². The number of aromatic nitrogens is 2. The summed E-state index contributed by atoms with van der Waals surface area (Å²) in [6, 6.07) is 2.97. The average Bonchev–Trinajstić information content (AvgIpc) is 2.87. The topological polar surface area (TPSA) is 59.0 Å². The molecule has 22 heavy (non-hydrogen) atoms. The molecule has 2 aromatic rings. The number of aryl methyl sites for hydroxylation is 1. The van der Waals surface area contributed by atoms with Crippen LogP contribution in [0.15, 0.2) is 30.6 Å². The SMILES string of the molecule is CNC(C(=O)NCc1ccc(F)c(F)c1)c1cnn(C)c1.Cl. The quantitative estimate of drug-likeness (QED) is 0.877. The molecule has 0 saturated heterocycles. The second-order valence-electron chi connectivity index (χ2n) is 4.64. The molecule has 120 valence electrons. The van der Waals surface area contributed by atoms with Crippen LogP contribution in [0.25, 0.3) is 0 Å². The van der Waals surface area contributed by atoms with Crippen LogP contribution in [-0.2, 0) is 18.4 Å². The van der Waals surface area contributed by atoms with Crippen LogP contribution in [0.1, 0.15) is 17.2 Å². The molecule has 2 N–H and O–H groups in total. The Bertz CT molecular complexity index is 648. The molecule has 0 radical (unpaired) electrons. The van der Waals surface area contributed by atoms with Crippen molar-refractivity contribution in [3.63, 3.8) is 0 Å². The van der Waals surface area contributed by atoms with Crippen molar-refractivity contribution >= 4 is 18.3 Å². The van der Waals surface area contributed by atoms with Gasteiger partial charge in [-0.2, -0.15) is 5.10 Å². The van der Waals surface area contributed by atoms with E-state index >= 15 is 0 Å². The number of hydrogen-bond acceptors (Lipinski definition) is 3. The van der Waals surface area contributed by atoms with Gasteiger partial charge in [-0.15, -0.1) is 12.4 Å². The molecule has 1 aromatic heterocycles. The van der Waals surface area contributed by atoms with Crippen molar-refractivity contribution in [2.45, 2.75) is 12.6 Å². The van der Waals surface area contributed by atoms with Crippen molar-refractivity contribution in [1.29, 1.82) is 0 Å². The Morgan fingerprint density at radius 1 is 1.36 bits per heavy atom. The molecule has 0 bridgehead atoms. The van der Waals surface area contributed by atoms with Gasteiger partial charge in [0.1, 0.15) is 6.04 Å². The van der Waals surface area contributed by atoms with Crippen LogP contribution in [0.5, 0.6) is 0 Å². The molecule has 0 spiro atoms. The van der Waals surface area contributed by atoms with Gasteiger partial charge in [-0.3, -0.25) is 9.48 Å². The van der Waals surface area contributed by atoms with Crippen molar-refractivity contribution in [2.24, 2.45) is 7.05 Å². The molecule has 0 aliphatic carbocycles. The first kappa shape index (κ1) is 18.1. The lowest BCUT2D eigenvalue weighted by Crippen LogP contribution is -2.35. The standard InChI is InChI=1S/C14H16F2N4O.ClH/c1-17-13(10-7-19-20(2)8-10)14(21)18-6-9-3-4-11(15)12(16)5-9;/h3-5,7-8,13,17H,6H2,1-2H3,(H,18,21);1H. The third-order valence-corrected chi connectivity index (χ3v) is 3.06. The van der Waals surface area contributed by atoms with Gasteiger partial charge in [0.05, 0.1) is 6.20 Å². The fraction of sp³-hybridized carbons (Fsp3) is 0.286. The third-order valence-electron chi connectivity index (χ3n) is 3.06. The van der Waals surface area contributed by atoms with Crippen LogP contribution < -0.4 is 10.6 Å². The Labute approximate surface area is 133 Å². The first-order valence-electron chi connectivity index (χ1n) is 6.38. The van der Waals surface area contributed by atoms with Crippen molar-refractivity contribution < 1.29 is 13.6 Å². The van der Waals surface area contributed by atoms with Crippen molar-refractivity contribution in [3.8, 4) is 0 Å². The van der Waals surface area contributed by atoms with Crippen molar-refractivity contribution in [3.05, 3.63) is 53.4 Å². The van der Waals surface area contributed by atoms with Crippen LogP contribution in [0, 0.1) is 11.6 Å². The van der Waals surface area contributed by atoms with E-state index in [4.69, 9.17) is 0 Å². The van der Waals surface area contributed by atoms with Gasteiger partial charge in [-0.1, -0.05) is 6.07 Å². The minimum atomic E-state index is -0.931. The van der Waals surface area contributed by atoms with Crippen molar-refractivity contribution in [1.82, 2.24) is 20.4 Å². The molecule has 5 nitrogen and oxygen atoms in total. The van der Waals surface area contributed by atoms with Gasteiger partial charge in [0.2, 0.25) is 5.91 Å². The Kier molecular flexibility index (Phi) is 6.45. The van der Waals surface area contributed by atoms with Gasteiger partial charge in [-0.25, -0.2) is 8.78 Å². The molecule has 1 atom stereocenters. The summed E-state index contributed by atoms with van der Waals surface area (Å²) >= 11 is 0. The molecule has 1 aromatic carbocycles. The summed E-state index contributed by atoms with van der Waals surface area (Å²) < 4.78 is 27.5. The fourth-order valence-electron chi connectivity index (χ4n) is 1.98. The molecule has 8 heteroatoms. The van der Waals surface area contributed by atoms with Gasteiger partial charge in [0.25, 0.3) is 0 Å². The first-order valence-corrected chi connectivity index (χ1v) is 6.38. The normalized spacial score (nSPS) is 11.6. The molecule has 0 saturated carbocycles. The van der Waals surface area contributed by atoms with E-state index in [1.54, 1.807) is 31.2 Å². The number of halogens is 3. The highest BCUT2D eigenvalue weighted by atomic mass is 35.5. The summed E-state index contributed by atoms with van der Waals surface area (Å²) in [5.41, 5.74) is 1.21. The number of carbonyl (C=O) groups excluding carboxylic acids is 1. The summed E-state index contributed by atoms with van der Waals surface area (Å²) in [5, 5.41) is 9.58. The smallest absolute Gasteiger partial charge is 0.242 e. The summed E-state index contributed by atoms with van der Waals surface area (Å²) in [4.78, 5) is 12.1. The highest BCUT2D eigenvalue weighted by molar-refractivity contribution is 5.85. The number of hydrogen-bond donors (Lipinski definition) is 2. The fourth-order valence-corrected chi connectivity index (χ4v) is 1.98. The molecular weight excluding hydrogens is 314 g/mol. The minimum Gasteiger partial charge on any atom is -0.350 e. The number of carbonyl (C=O) groups is 1. The van der Waals surface area contributed by atoms with Crippen LogP contribution in [0.2, 0.25) is 0 Å². The second kappa shape index (κ2) is 7.86. The van der Waals surface area contributed by atoms with E-state index in [-0.39, 0.29) is 24.9 Å². The zero-order chi connectivity index (χ0) is 15.4. The van der Waals surface area contributed by atoms with E-state index in [0.717, 1.165) is 17.7 Å². The zero-order valence-electron chi connectivity index (χ0n) is 12.1. The lowest BCUT2D eigenvalue weighted by atomic mass is 10.1. The van der Waals surface area contributed by atoms with Gasteiger partial charge in [-0.05, 0) is 24.7 Å². The maximum absolute atomic E-state index is 13.1. The first-order chi connectivity index (χ1) is 10.0. The summed E-state index contributed by atoms with van der Waals surface area (Å²) in [7, 11) is 3.42. The summed E-state index contributed by atoms with van der Waals surface area (Å²) in [6.07, 6.45) is 3.33. The van der Waals surface area contributed by atoms with Crippen LogP contribution in [0.4, 0.5) is 8.78 Å². The van der Waals surface area contributed by atoms with Crippen LogP contribution in [0.3, 0.4) is 0 Å². The number of benzene rings is 1. The third kappa shape index (κ3) is 4.25. The number of nitrogens with zero attached hydrogens (tertiary/aromatic N) is 2. The highest BCUT2D eigenvalue weighted by Crippen LogP contribution is 2.12. The maximum Gasteiger partial charge on any atom is 0.242 e. The molecule has 1 amide bonds. The highest BCUT2D eigenvalue weighted by Gasteiger charge is 2.19. The summed E-state index contributed by atoms with van der Waals surface area (Å²) in [5.74, 6) is -2.11. The molecule has 2 rings (SSSR count). The predicted octanol–water partition coefficient (Wildman–Crippen LogP) is 1.70. The Hall–Kier alpha value is -1.99. The van der Waals surface area contributed by atoms with Gasteiger partial charge in [0, 0.05) is 25.4 Å². The van der Waals surface area contributed by atoms with E-state index in [9.17, 15) is 13.6 Å². The van der Waals surface area contributed by atoms with E-state index in [1.165, 1.54) is 6.07 Å². The number of rotatable bonds is 5. The Morgan fingerprint density at radius 3 is 2.64 bits per heavy atom. The lowest BCUT2D eigenvalue weighted by molar-refractivity contribution is -0.123. The molecule has 1 heterocycles. The monoisotopic (exact) mass is 330 g/mol. The summed E-state index contributed by atoms with van der Waals surface area (Å²) in [6.45, 7) is 0.120. The largest absolute Gasteiger partial charge is 0.350 e. The number of amides is 1. The lowest BCUT2D eigenvalue weighted by Gasteiger charge is -2.14. The zero-order valence-corrected chi connectivity index (χ0v) is 13.0. The number of likely N-dealkylation sites (N-methyl/N-ethyl adjacent to an activating group) is 1. The van der Waals surface area contributed by atoms with Crippen LogP contribution >= 0.6 is 12.4 Å². The predicted molar refractivity (Wildman–Crippen MR) is 80.5 cm³/mol. The second-order valence-corrected chi connectivity index (χ2v) is 4.64. The Balaban J connectivity index is 0.00000242. The van der Waals surface area contributed by atoms with E-state index in [0.29, 0.717) is 5.56 Å². The van der Waals surface area contributed by atoms with Crippen molar-refractivity contribution in [2.75, 3.05) is 7.05 Å². The number of nitrogens with one attached hydrogen (secondary N) is 2. The molecule has 0 aliphatic rings. The Morgan fingerprint density at radius 2 is 2.09 bits per heavy atom. The maximum atomic E-state index is 13.1. The van der Waals surface area contributed by atoms with E-state index in [1.807, 2.05) is 0 Å². The molecule has 1 unspecified atom stereocenters. The minimum absolute atomic E-state index is 0.